The van der Waals surface area contributed by atoms with E-state index < -0.39 is 6.10 Å². The maximum atomic E-state index is 10.4. The van der Waals surface area contributed by atoms with E-state index in [1.54, 1.807) is 4.68 Å². The van der Waals surface area contributed by atoms with E-state index in [9.17, 15) is 5.11 Å². The molecular weight excluding hydrogens is 384 g/mol. The summed E-state index contributed by atoms with van der Waals surface area (Å²) in [7, 11) is 1.91. The first-order valence-corrected chi connectivity index (χ1v) is 9.99. The van der Waals surface area contributed by atoms with Gasteiger partial charge < -0.3 is 5.11 Å². The van der Waals surface area contributed by atoms with E-state index in [4.69, 9.17) is 0 Å². The molecule has 5 rings (SSSR count). The molecule has 0 aliphatic heterocycles. The number of nitrogens with zero attached hydrogens (tertiary/aromatic N) is 4. The number of aryl methyl sites for hydroxylation is 1. The fourth-order valence-electron chi connectivity index (χ4n) is 3.63. The summed E-state index contributed by atoms with van der Waals surface area (Å²) in [5.74, 6) is 6.11. The van der Waals surface area contributed by atoms with Gasteiger partial charge in [-0.25, -0.2) is 4.52 Å². The van der Waals surface area contributed by atoms with Gasteiger partial charge in [-0.3, -0.25) is 4.68 Å². The second-order valence-electron chi connectivity index (χ2n) is 7.34. The molecule has 0 aliphatic carbocycles. The Morgan fingerprint density at radius 1 is 0.839 bits per heavy atom. The zero-order valence-corrected chi connectivity index (χ0v) is 17.0. The van der Waals surface area contributed by atoms with Gasteiger partial charge in [-0.2, -0.15) is 10.2 Å². The molecule has 0 amide bonds. The third-order valence-electron chi connectivity index (χ3n) is 5.23. The van der Waals surface area contributed by atoms with Gasteiger partial charge in [0.1, 0.15) is 6.10 Å². The first-order valence-electron chi connectivity index (χ1n) is 9.99. The normalized spacial score (nSPS) is 11.8. The fourth-order valence-corrected chi connectivity index (χ4v) is 3.63. The maximum absolute atomic E-state index is 10.4. The summed E-state index contributed by atoms with van der Waals surface area (Å²) in [6.07, 6.45) is 6.77. The number of pyridine rings is 1. The van der Waals surface area contributed by atoms with Crippen LogP contribution in [-0.4, -0.2) is 24.5 Å². The second-order valence-corrected chi connectivity index (χ2v) is 7.34. The molecule has 1 atom stereocenters. The van der Waals surface area contributed by atoms with Crippen LogP contribution in [0.3, 0.4) is 0 Å². The van der Waals surface area contributed by atoms with Crippen LogP contribution in [0.5, 0.6) is 0 Å². The van der Waals surface area contributed by atoms with Crippen LogP contribution in [0.15, 0.2) is 91.5 Å². The summed E-state index contributed by atoms with van der Waals surface area (Å²) in [5.41, 5.74) is 6.76. The molecule has 1 unspecified atom stereocenters. The lowest BCUT2D eigenvalue weighted by atomic mass is 10.0. The molecule has 0 spiro atoms. The van der Waals surface area contributed by atoms with Gasteiger partial charge in [0.05, 0.1) is 23.5 Å². The Balaban J connectivity index is 1.52. The fraction of sp³-hybridized carbons (Fsp3) is 0.0769. The third-order valence-corrected chi connectivity index (χ3v) is 5.23. The molecule has 0 radical (unpaired) electrons. The van der Waals surface area contributed by atoms with Crippen LogP contribution in [-0.2, 0) is 7.05 Å². The van der Waals surface area contributed by atoms with E-state index in [0.29, 0.717) is 0 Å². The monoisotopic (exact) mass is 404 g/mol. The summed E-state index contributed by atoms with van der Waals surface area (Å²) >= 11 is 0. The Morgan fingerprint density at radius 2 is 1.61 bits per heavy atom. The van der Waals surface area contributed by atoms with Crippen LogP contribution >= 0.6 is 0 Å². The molecule has 5 aromatic rings. The topological polar surface area (TPSA) is 55.4 Å². The number of rotatable bonds is 3. The van der Waals surface area contributed by atoms with Crippen molar-refractivity contribution in [2.24, 2.45) is 7.05 Å². The quantitative estimate of drug-likeness (QED) is 0.451. The summed E-state index contributed by atoms with van der Waals surface area (Å²) < 4.78 is 3.62. The summed E-state index contributed by atoms with van der Waals surface area (Å²) in [4.78, 5) is 0. The Hall–Kier alpha value is -4.14. The van der Waals surface area contributed by atoms with E-state index in [-0.39, 0.29) is 0 Å². The first-order chi connectivity index (χ1) is 15.2. The number of hydrogen-bond acceptors (Lipinski definition) is 3. The SMILES string of the molecule is Cn1cc(-c2ccc(-c3cnn4cccc(C#CC(O)c5ccccc5)c34)cc2)cn1. The van der Waals surface area contributed by atoms with Gasteiger partial charge >= 0.3 is 0 Å². The van der Waals surface area contributed by atoms with Crippen LogP contribution in [0.1, 0.15) is 17.2 Å². The zero-order chi connectivity index (χ0) is 21.2. The minimum Gasteiger partial charge on any atom is -0.376 e. The highest BCUT2D eigenvalue weighted by molar-refractivity contribution is 5.85. The molecule has 0 bridgehead atoms. The molecular formula is C26H20N4O. The second kappa shape index (κ2) is 7.94. The predicted molar refractivity (Wildman–Crippen MR) is 121 cm³/mol. The van der Waals surface area contributed by atoms with Crippen molar-refractivity contribution in [2.45, 2.75) is 6.10 Å². The van der Waals surface area contributed by atoms with Crippen LogP contribution in [0, 0.1) is 11.8 Å². The maximum Gasteiger partial charge on any atom is 0.140 e. The highest BCUT2D eigenvalue weighted by Crippen LogP contribution is 2.29. The standard InChI is InChI=1S/C26H20N4O/c1-29-18-23(16-27-29)19-9-11-20(12-10-19)24-17-28-30-15-5-8-22(26(24)30)13-14-25(31)21-6-3-2-4-7-21/h2-12,15-18,25,31H,1H3. The van der Waals surface area contributed by atoms with Crippen molar-refractivity contribution < 1.29 is 5.11 Å². The minimum atomic E-state index is -0.841. The van der Waals surface area contributed by atoms with Crippen molar-refractivity contribution in [1.82, 2.24) is 19.4 Å². The van der Waals surface area contributed by atoms with Crippen molar-refractivity contribution in [1.29, 1.82) is 0 Å². The van der Waals surface area contributed by atoms with E-state index in [1.165, 1.54) is 0 Å². The van der Waals surface area contributed by atoms with Crippen molar-refractivity contribution >= 4 is 5.52 Å². The van der Waals surface area contributed by atoms with Gasteiger partial charge in [-0.15, -0.1) is 0 Å². The summed E-state index contributed by atoms with van der Waals surface area (Å²) in [6.45, 7) is 0. The Bertz CT molecular complexity index is 1400. The third kappa shape index (κ3) is 3.73. The molecule has 0 aliphatic rings. The zero-order valence-electron chi connectivity index (χ0n) is 17.0. The minimum absolute atomic E-state index is 0.779. The lowest BCUT2D eigenvalue weighted by Crippen LogP contribution is -1.94. The van der Waals surface area contributed by atoms with Gasteiger partial charge in [-0.05, 0) is 28.8 Å². The van der Waals surface area contributed by atoms with E-state index in [0.717, 1.165) is 38.9 Å². The smallest absolute Gasteiger partial charge is 0.140 e. The molecule has 3 aromatic heterocycles. The molecule has 5 nitrogen and oxygen atoms in total. The predicted octanol–water partition coefficient (Wildman–Crippen LogP) is 4.49. The van der Waals surface area contributed by atoms with Crippen molar-refractivity contribution in [2.75, 3.05) is 0 Å². The molecule has 0 saturated heterocycles. The molecule has 5 heteroatoms. The van der Waals surface area contributed by atoms with Crippen LogP contribution < -0.4 is 0 Å². The number of benzene rings is 2. The Labute approximate surface area is 180 Å². The average Bonchev–Trinajstić information content (AvgIpc) is 3.45. The Kier molecular flexibility index (Phi) is 4.83. The van der Waals surface area contributed by atoms with Crippen molar-refractivity contribution in [3.05, 3.63) is 103 Å². The number of fused-ring (bicyclic) bond motifs is 1. The van der Waals surface area contributed by atoms with Crippen LogP contribution in [0.25, 0.3) is 27.8 Å². The number of aromatic nitrogens is 4. The van der Waals surface area contributed by atoms with E-state index >= 15 is 0 Å². The van der Waals surface area contributed by atoms with E-state index in [2.05, 4.69) is 46.3 Å². The van der Waals surface area contributed by atoms with Gasteiger partial charge in [0, 0.05) is 30.6 Å². The summed E-state index contributed by atoms with van der Waals surface area (Å²) in [5, 5.41) is 19.2. The largest absolute Gasteiger partial charge is 0.376 e. The summed E-state index contributed by atoms with van der Waals surface area (Å²) in [6, 6.07) is 21.7. The first kappa shape index (κ1) is 18.9. The lowest BCUT2D eigenvalue weighted by Gasteiger charge is -2.05. The van der Waals surface area contributed by atoms with E-state index in [1.807, 2.05) is 78.8 Å². The van der Waals surface area contributed by atoms with Crippen molar-refractivity contribution in [3.63, 3.8) is 0 Å². The van der Waals surface area contributed by atoms with Gasteiger partial charge in [0.2, 0.25) is 0 Å². The molecule has 1 N–H and O–H groups in total. The lowest BCUT2D eigenvalue weighted by molar-refractivity contribution is 0.238. The van der Waals surface area contributed by atoms with Gasteiger partial charge in [0.25, 0.3) is 0 Å². The molecule has 2 aromatic carbocycles. The molecule has 0 saturated carbocycles. The molecule has 3 heterocycles. The van der Waals surface area contributed by atoms with Crippen LogP contribution in [0.2, 0.25) is 0 Å². The Morgan fingerprint density at radius 3 is 2.35 bits per heavy atom. The number of hydrogen-bond donors (Lipinski definition) is 1. The number of aliphatic hydroxyl groups is 1. The molecule has 150 valence electrons. The molecule has 0 fully saturated rings. The average molecular weight is 404 g/mol. The number of aliphatic hydroxyl groups excluding tert-OH is 1. The van der Waals surface area contributed by atoms with Crippen molar-refractivity contribution in [3.8, 4) is 34.1 Å². The highest BCUT2D eigenvalue weighted by atomic mass is 16.3. The van der Waals surface area contributed by atoms with Crippen LogP contribution in [0.4, 0.5) is 0 Å². The van der Waals surface area contributed by atoms with Gasteiger partial charge in [0.15, 0.2) is 0 Å². The molecule has 31 heavy (non-hydrogen) atoms. The van der Waals surface area contributed by atoms with Gasteiger partial charge in [-0.1, -0.05) is 66.4 Å². The highest BCUT2D eigenvalue weighted by Gasteiger charge is 2.11.